The molecule has 92 valence electrons. The molecule has 0 bridgehead atoms. The first-order valence-corrected chi connectivity index (χ1v) is 7.66. The summed E-state index contributed by atoms with van der Waals surface area (Å²) < 4.78 is 46.0. The van der Waals surface area contributed by atoms with Crippen molar-refractivity contribution in [2.75, 3.05) is 24.6 Å². The Labute approximate surface area is 89.1 Å². The van der Waals surface area contributed by atoms with Gasteiger partial charge in [0.15, 0.2) is 14.9 Å². The minimum Gasteiger partial charge on any atom is -0.394 e. The highest BCUT2D eigenvalue weighted by Crippen LogP contribution is 2.05. The van der Waals surface area contributed by atoms with Gasteiger partial charge in [-0.2, -0.15) is 0 Å². The van der Waals surface area contributed by atoms with E-state index < -0.39 is 43.7 Å². The number of sulfonamides is 1. The Morgan fingerprint density at radius 2 is 1.53 bits per heavy atom. The monoisotopic (exact) mass is 261 g/mol. The number of aliphatic hydroxyl groups is 2. The summed E-state index contributed by atoms with van der Waals surface area (Å²) >= 11 is 0. The number of sulfone groups is 1. The average Bonchev–Trinajstić information content (AvgIpc) is 1.98. The third-order valence-corrected chi connectivity index (χ3v) is 5.23. The van der Waals surface area contributed by atoms with Gasteiger partial charge in [0.1, 0.15) is 0 Å². The van der Waals surface area contributed by atoms with Crippen molar-refractivity contribution in [3.05, 3.63) is 0 Å². The SMILES string of the molecule is CC(CO)(CO)NS(=O)(=O)CS(C)(=O)=O. The van der Waals surface area contributed by atoms with Gasteiger partial charge in [0.25, 0.3) is 0 Å². The normalized spacial score (nSPS) is 14.1. The molecule has 15 heavy (non-hydrogen) atoms. The second kappa shape index (κ2) is 4.74. The zero-order chi connectivity index (χ0) is 12.3. The highest BCUT2D eigenvalue weighted by atomic mass is 32.3. The molecule has 0 saturated carbocycles. The van der Waals surface area contributed by atoms with Crippen LogP contribution in [-0.4, -0.2) is 57.1 Å². The van der Waals surface area contributed by atoms with E-state index in [0.29, 0.717) is 0 Å². The molecule has 0 aliphatic heterocycles. The predicted molar refractivity (Wildman–Crippen MR) is 54.3 cm³/mol. The quantitative estimate of drug-likeness (QED) is 0.492. The van der Waals surface area contributed by atoms with Crippen molar-refractivity contribution in [1.29, 1.82) is 0 Å². The van der Waals surface area contributed by atoms with Crippen LogP contribution < -0.4 is 4.72 Å². The van der Waals surface area contributed by atoms with Gasteiger partial charge in [-0.15, -0.1) is 0 Å². The predicted octanol–water partition coefficient (Wildman–Crippen LogP) is -2.35. The molecular formula is C6H15NO6S2. The van der Waals surface area contributed by atoms with Crippen LogP contribution in [-0.2, 0) is 19.9 Å². The van der Waals surface area contributed by atoms with Crippen LogP contribution in [0.2, 0.25) is 0 Å². The molecule has 0 aliphatic rings. The van der Waals surface area contributed by atoms with Crippen molar-refractivity contribution in [3.8, 4) is 0 Å². The van der Waals surface area contributed by atoms with E-state index in [9.17, 15) is 16.8 Å². The zero-order valence-electron chi connectivity index (χ0n) is 8.47. The molecule has 0 saturated heterocycles. The molecule has 0 heterocycles. The van der Waals surface area contributed by atoms with Gasteiger partial charge < -0.3 is 10.2 Å². The van der Waals surface area contributed by atoms with Crippen molar-refractivity contribution in [2.45, 2.75) is 12.5 Å². The first-order valence-electron chi connectivity index (χ1n) is 3.95. The lowest BCUT2D eigenvalue weighted by atomic mass is 10.1. The van der Waals surface area contributed by atoms with Gasteiger partial charge in [-0.25, -0.2) is 21.6 Å². The summed E-state index contributed by atoms with van der Waals surface area (Å²) in [5, 5.41) is 16.5. The van der Waals surface area contributed by atoms with E-state index in [-0.39, 0.29) is 0 Å². The summed E-state index contributed by atoms with van der Waals surface area (Å²) in [6.07, 6.45) is 0.779. The molecule has 0 aromatic carbocycles. The van der Waals surface area contributed by atoms with E-state index in [0.717, 1.165) is 6.26 Å². The van der Waals surface area contributed by atoms with Gasteiger partial charge in [0, 0.05) is 6.26 Å². The molecule has 0 unspecified atom stereocenters. The number of rotatable bonds is 6. The summed E-state index contributed by atoms with van der Waals surface area (Å²) in [7, 11) is -7.76. The summed E-state index contributed by atoms with van der Waals surface area (Å²) in [4.78, 5) is 0. The van der Waals surface area contributed by atoms with E-state index in [1.165, 1.54) is 6.92 Å². The second-order valence-corrected chi connectivity index (χ2v) is 7.87. The molecule has 0 aromatic heterocycles. The molecule has 0 radical (unpaired) electrons. The van der Waals surface area contributed by atoms with Crippen molar-refractivity contribution >= 4 is 19.9 Å². The van der Waals surface area contributed by atoms with Crippen LogP contribution in [0.4, 0.5) is 0 Å². The van der Waals surface area contributed by atoms with Gasteiger partial charge in [-0.05, 0) is 6.92 Å². The summed E-state index contributed by atoms with van der Waals surface area (Å²) in [5.74, 6) is 0. The first-order chi connectivity index (χ1) is 6.54. The van der Waals surface area contributed by atoms with Crippen LogP contribution >= 0.6 is 0 Å². The lowest BCUT2D eigenvalue weighted by Crippen LogP contribution is -2.52. The highest BCUT2D eigenvalue weighted by molar-refractivity contribution is 8.06. The molecule has 3 N–H and O–H groups in total. The van der Waals surface area contributed by atoms with Crippen molar-refractivity contribution < 1.29 is 27.0 Å². The molecule has 0 aliphatic carbocycles. The molecule has 0 amide bonds. The first kappa shape index (κ1) is 14.8. The van der Waals surface area contributed by atoms with Crippen LogP contribution in [0.5, 0.6) is 0 Å². The summed E-state index contributed by atoms with van der Waals surface area (Å²) in [6.45, 7) is -0.00812. The van der Waals surface area contributed by atoms with E-state index in [4.69, 9.17) is 10.2 Å². The van der Waals surface area contributed by atoms with Gasteiger partial charge in [-0.1, -0.05) is 0 Å². The maximum Gasteiger partial charge on any atom is 0.226 e. The minimum absolute atomic E-state index is 0.632. The Morgan fingerprint density at radius 1 is 1.13 bits per heavy atom. The number of hydrogen-bond donors (Lipinski definition) is 3. The molecule has 0 spiro atoms. The third-order valence-electron chi connectivity index (χ3n) is 1.47. The van der Waals surface area contributed by atoms with Crippen LogP contribution in [0.1, 0.15) is 6.92 Å². The average molecular weight is 261 g/mol. The minimum atomic E-state index is -4.08. The smallest absolute Gasteiger partial charge is 0.226 e. The third kappa shape index (κ3) is 6.05. The molecule has 0 fully saturated rings. The molecule has 0 aromatic rings. The molecule has 7 nitrogen and oxygen atoms in total. The molecule has 0 atom stereocenters. The molecule has 9 heteroatoms. The van der Waals surface area contributed by atoms with E-state index in [1.54, 1.807) is 0 Å². The van der Waals surface area contributed by atoms with Gasteiger partial charge in [0.2, 0.25) is 10.0 Å². The van der Waals surface area contributed by atoms with E-state index in [2.05, 4.69) is 0 Å². The lowest BCUT2D eigenvalue weighted by molar-refractivity contribution is 0.122. The Morgan fingerprint density at radius 3 is 1.80 bits per heavy atom. The standard InChI is InChI=1S/C6H15NO6S2/c1-6(3-8,4-9)7-15(12,13)5-14(2,10)11/h7-9H,3-5H2,1-2H3. The van der Waals surface area contributed by atoms with Gasteiger partial charge >= 0.3 is 0 Å². The maximum atomic E-state index is 11.3. The Bertz CT molecular complexity index is 393. The molecular weight excluding hydrogens is 246 g/mol. The number of hydrogen-bond acceptors (Lipinski definition) is 6. The van der Waals surface area contributed by atoms with E-state index in [1.807, 2.05) is 4.72 Å². The van der Waals surface area contributed by atoms with Crippen molar-refractivity contribution in [3.63, 3.8) is 0 Å². The fourth-order valence-electron chi connectivity index (χ4n) is 0.801. The van der Waals surface area contributed by atoms with Crippen LogP contribution in [0, 0.1) is 0 Å². The fourth-order valence-corrected chi connectivity index (χ4v) is 4.17. The van der Waals surface area contributed by atoms with E-state index >= 15 is 0 Å². The highest BCUT2D eigenvalue weighted by Gasteiger charge is 2.30. The van der Waals surface area contributed by atoms with Crippen LogP contribution in [0.25, 0.3) is 0 Å². The number of nitrogens with one attached hydrogen (secondary N) is 1. The largest absolute Gasteiger partial charge is 0.394 e. The maximum absolute atomic E-state index is 11.3. The van der Waals surface area contributed by atoms with Crippen LogP contribution in [0.3, 0.4) is 0 Å². The second-order valence-electron chi connectivity index (χ2n) is 3.64. The number of aliphatic hydroxyl groups excluding tert-OH is 2. The Balaban J connectivity index is 4.80. The zero-order valence-corrected chi connectivity index (χ0v) is 10.1. The molecule has 0 rings (SSSR count). The van der Waals surface area contributed by atoms with Crippen molar-refractivity contribution in [2.24, 2.45) is 0 Å². The topological polar surface area (TPSA) is 121 Å². The van der Waals surface area contributed by atoms with Gasteiger partial charge in [-0.3, -0.25) is 0 Å². The van der Waals surface area contributed by atoms with Gasteiger partial charge in [0.05, 0.1) is 18.8 Å². The lowest BCUT2D eigenvalue weighted by Gasteiger charge is -2.25. The Kier molecular flexibility index (Phi) is 4.67. The summed E-state index contributed by atoms with van der Waals surface area (Å²) in [6, 6.07) is 0. The fraction of sp³-hybridized carbons (Fsp3) is 1.00. The summed E-state index contributed by atoms with van der Waals surface area (Å²) in [5.41, 5.74) is -1.45. The van der Waals surface area contributed by atoms with Crippen LogP contribution in [0.15, 0.2) is 0 Å². The van der Waals surface area contributed by atoms with Crippen molar-refractivity contribution in [1.82, 2.24) is 4.72 Å². The Hall–Kier alpha value is -0.220.